The first-order chi connectivity index (χ1) is 5.00. The van der Waals surface area contributed by atoms with E-state index >= 15 is 0 Å². The number of benzene rings is 1. The monoisotopic (exact) mass is 230 g/mol. The molecule has 5 heteroatoms. The van der Waals surface area contributed by atoms with Gasteiger partial charge in [0.25, 0.3) is 0 Å². The van der Waals surface area contributed by atoms with E-state index in [1.54, 1.807) is 0 Å². The molecule has 0 N–H and O–H groups in total. The molecular weight excluding hydrogens is 228 g/mol. The Labute approximate surface area is 88.5 Å². The molecule has 0 aromatic heterocycles. The summed E-state index contributed by atoms with van der Waals surface area (Å²) in [7, 11) is 0. The Balaban J connectivity index is 0.00000121. The number of hydrogen-bond donors (Lipinski definition) is 0. The van der Waals surface area contributed by atoms with Crippen LogP contribution in [-0.2, 0) is 6.18 Å². The molecule has 1 aromatic carbocycles. The minimum Gasteiger partial charge on any atom is -0.175 e. The van der Waals surface area contributed by atoms with Crippen LogP contribution in [0.4, 0.5) is 13.2 Å². The molecular formula is C7H3BrF3Li. The SMILES string of the molecule is FC(F)(F)c1cc[c-]c(Br)c1.[Li+]. The van der Waals surface area contributed by atoms with Gasteiger partial charge in [-0.05, 0) is 0 Å². The van der Waals surface area contributed by atoms with Crippen LogP contribution in [0, 0.1) is 6.07 Å². The summed E-state index contributed by atoms with van der Waals surface area (Å²) < 4.78 is 36.1. The van der Waals surface area contributed by atoms with Gasteiger partial charge in [0.1, 0.15) is 0 Å². The smallest absolute Gasteiger partial charge is 0.175 e. The van der Waals surface area contributed by atoms with Gasteiger partial charge in [0.05, 0.1) is 0 Å². The first kappa shape index (κ1) is 12.1. The summed E-state index contributed by atoms with van der Waals surface area (Å²) in [6.07, 6.45) is -4.27. The second-order valence-electron chi connectivity index (χ2n) is 1.92. The van der Waals surface area contributed by atoms with E-state index in [2.05, 4.69) is 22.0 Å². The van der Waals surface area contributed by atoms with Gasteiger partial charge in [-0.3, -0.25) is 0 Å². The Kier molecular flexibility index (Phi) is 4.39. The van der Waals surface area contributed by atoms with E-state index in [9.17, 15) is 13.2 Å². The Morgan fingerprint density at radius 2 is 1.92 bits per heavy atom. The molecule has 0 aliphatic carbocycles. The topological polar surface area (TPSA) is 0 Å². The summed E-state index contributed by atoms with van der Waals surface area (Å²) in [5, 5.41) is 0. The van der Waals surface area contributed by atoms with Gasteiger partial charge in [0.15, 0.2) is 0 Å². The maximum Gasteiger partial charge on any atom is 1.00 e. The van der Waals surface area contributed by atoms with Crippen LogP contribution < -0.4 is 18.9 Å². The van der Waals surface area contributed by atoms with E-state index in [0.29, 0.717) is 4.47 Å². The van der Waals surface area contributed by atoms with Crippen LogP contribution >= 0.6 is 15.9 Å². The molecule has 0 radical (unpaired) electrons. The minimum absolute atomic E-state index is 0. The van der Waals surface area contributed by atoms with Crippen molar-refractivity contribution in [2.24, 2.45) is 0 Å². The van der Waals surface area contributed by atoms with Crippen LogP contribution in [0.5, 0.6) is 0 Å². The Morgan fingerprint density at radius 3 is 2.25 bits per heavy atom. The van der Waals surface area contributed by atoms with Crippen molar-refractivity contribution in [3.63, 3.8) is 0 Å². The average molecular weight is 231 g/mol. The summed E-state index contributed by atoms with van der Waals surface area (Å²) in [6.45, 7) is 0. The molecule has 0 saturated carbocycles. The largest absolute Gasteiger partial charge is 1.00 e. The van der Waals surface area contributed by atoms with E-state index in [1.165, 1.54) is 6.07 Å². The van der Waals surface area contributed by atoms with Crippen molar-refractivity contribution in [2.45, 2.75) is 6.18 Å². The summed E-state index contributed by atoms with van der Waals surface area (Å²) in [6, 6.07) is 5.75. The zero-order valence-electron chi connectivity index (χ0n) is 6.24. The molecule has 12 heavy (non-hydrogen) atoms. The predicted octanol–water partition coefficient (Wildman–Crippen LogP) is 0.272. The van der Waals surface area contributed by atoms with Crippen molar-refractivity contribution in [3.8, 4) is 0 Å². The van der Waals surface area contributed by atoms with Crippen LogP contribution in [-0.4, -0.2) is 0 Å². The maximum atomic E-state index is 11.9. The fourth-order valence-electron chi connectivity index (χ4n) is 0.614. The van der Waals surface area contributed by atoms with Crippen LogP contribution in [0.2, 0.25) is 0 Å². The van der Waals surface area contributed by atoms with Crippen molar-refractivity contribution in [3.05, 3.63) is 34.3 Å². The van der Waals surface area contributed by atoms with Crippen molar-refractivity contribution in [1.82, 2.24) is 0 Å². The third-order valence-electron chi connectivity index (χ3n) is 1.09. The molecule has 0 unspecified atom stereocenters. The van der Waals surface area contributed by atoms with Gasteiger partial charge < -0.3 is 0 Å². The first-order valence-corrected chi connectivity index (χ1v) is 3.54. The van der Waals surface area contributed by atoms with Gasteiger partial charge in [0, 0.05) is 0 Å². The molecule has 0 bridgehead atoms. The quantitative estimate of drug-likeness (QED) is 0.444. The summed E-state index contributed by atoms with van der Waals surface area (Å²) in [5.74, 6) is 0. The standard InChI is InChI=1S/C7H3BrF3.Li/c8-6-3-1-2-5(4-6)7(9,10)11;/h1-2,4H;/q-1;+1. The molecule has 0 heterocycles. The summed E-state index contributed by atoms with van der Waals surface area (Å²) in [4.78, 5) is 0. The molecule has 1 rings (SSSR count). The number of hydrogen-bond acceptors (Lipinski definition) is 0. The van der Waals surface area contributed by atoms with Gasteiger partial charge in [-0.15, -0.1) is 6.07 Å². The Bertz CT molecular complexity index is 259. The van der Waals surface area contributed by atoms with Crippen molar-refractivity contribution in [2.75, 3.05) is 0 Å². The zero-order chi connectivity index (χ0) is 8.48. The molecule has 0 aliphatic rings. The Hall–Kier alpha value is 0.0874. The number of alkyl halides is 3. The van der Waals surface area contributed by atoms with Crippen LogP contribution in [0.1, 0.15) is 5.56 Å². The maximum absolute atomic E-state index is 11.9. The first-order valence-electron chi connectivity index (χ1n) is 2.74. The van der Waals surface area contributed by atoms with E-state index in [0.717, 1.165) is 12.1 Å². The molecule has 0 spiro atoms. The molecule has 0 saturated heterocycles. The van der Waals surface area contributed by atoms with Crippen LogP contribution in [0.15, 0.2) is 22.7 Å². The molecule has 0 nitrogen and oxygen atoms in total. The molecule has 0 atom stereocenters. The van der Waals surface area contributed by atoms with Crippen molar-refractivity contribution >= 4 is 15.9 Å². The molecule has 1 aromatic rings. The molecule has 0 fully saturated rings. The zero-order valence-corrected chi connectivity index (χ0v) is 7.83. The second kappa shape index (κ2) is 4.36. The molecule has 60 valence electrons. The van der Waals surface area contributed by atoms with Crippen molar-refractivity contribution in [1.29, 1.82) is 0 Å². The number of halogens is 4. The van der Waals surface area contributed by atoms with Crippen molar-refractivity contribution < 1.29 is 32.0 Å². The van der Waals surface area contributed by atoms with E-state index in [1.807, 2.05) is 0 Å². The predicted molar refractivity (Wildman–Crippen MR) is 38.0 cm³/mol. The van der Waals surface area contributed by atoms with Gasteiger partial charge in [-0.1, -0.05) is 26.0 Å². The Morgan fingerprint density at radius 1 is 1.33 bits per heavy atom. The van der Waals surface area contributed by atoms with Gasteiger partial charge in [0.2, 0.25) is 0 Å². The van der Waals surface area contributed by atoms with Crippen LogP contribution in [0.25, 0.3) is 0 Å². The summed E-state index contributed by atoms with van der Waals surface area (Å²) in [5.41, 5.74) is -0.664. The molecule has 0 aliphatic heterocycles. The second-order valence-corrected chi connectivity index (χ2v) is 2.78. The third-order valence-corrected chi connectivity index (χ3v) is 1.55. The van der Waals surface area contributed by atoms with Gasteiger partial charge in [-0.2, -0.15) is 31.4 Å². The third kappa shape index (κ3) is 3.22. The normalized spacial score (nSPS) is 10.7. The van der Waals surface area contributed by atoms with E-state index in [-0.39, 0.29) is 18.9 Å². The average Bonchev–Trinajstić information content (AvgIpc) is 1.86. The summed E-state index contributed by atoms with van der Waals surface area (Å²) >= 11 is 2.90. The fraction of sp³-hybridized carbons (Fsp3) is 0.143. The van der Waals surface area contributed by atoms with Gasteiger partial charge >= 0.3 is 25.0 Å². The fourth-order valence-corrected chi connectivity index (χ4v) is 0.992. The van der Waals surface area contributed by atoms with E-state index in [4.69, 9.17) is 0 Å². The molecule has 0 amide bonds. The van der Waals surface area contributed by atoms with Gasteiger partial charge in [-0.25, -0.2) is 0 Å². The minimum atomic E-state index is -4.27. The van der Waals surface area contributed by atoms with E-state index < -0.39 is 11.7 Å². The number of rotatable bonds is 0. The van der Waals surface area contributed by atoms with Crippen LogP contribution in [0.3, 0.4) is 0 Å².